The van der Waals surface area contributed by atoms with E-state index in [4.69, 9.17) is 9.47 Å². The van der Waals surface area contributed by atoms with Gasteiger partial charge in [0.05, 0.1) is 20.3 Å². The molecule has 0 saturated carbocycles. The summed E-state index contributed by atoms with van der Waals surface area (Å²) in [5.41, 5.74) is 0.00156. The molecule has 0 aromatic heterocycles. The van der Waals surface area contributed by atoms with Gasteiger partial charge in [0.25, 0.3) is 0 Å². The Bertz CT molecular complexity index is 447. The second-order valence-corrected chi connectivity index (χ2v) is 11.5. The Morgan fingerprint density at radius 1 is 1.16 bits per heavy atom. The highest BCUT2D eigenvalue weighted by Gasteiger charge is 2.57. The number of rotatable bonds is 4. The van der Waals surface area contributed by atoms with Gasteiger partial charge >= 0.3 is 0 Å². The van der Waals surface area contributed by atoms with E-state index in [1.165, 1.54) is 17.7 Å². The number of ether oxygens (including phenoxy) is 2. The fourth-order valence-corrected chi connectivity index (χ4v) is 6.97. The van der Waals surface area contributed by atoms with Gasteiger partial charge in [-0.3, -0.25) is 0 Å². The zero-order valence-corrected chi connectivity index (χ0v) is 13.2. The predicted octanol–water partition coefficient (Wildman–Crippen LogP) is 3.29. The van der Waals surface area contributed by atoms with E-state index in [0.717, 1.165) is 19.4 Å². The fraction of sp³-hybridized carbons (Fsp3) is 0.625. The van der Waals surface area contributed by atoms with Crippen LogP contribution >= 0.6 is 0 Å². The predicted molar refractivity (Wildman–Crippen MR) is 80.4 cm³/mol. The fourth-order valence-electron chi connectivity index (χ4n) is 3.70. The molecule has 1 aromatic rings. The first-order chi connectivity index (χ1) is 8.99. The maximum Gasteiger partial charge on any atom is 0.169 e. The molecular formula is C16H24O2Si. The van der Waals surface area contributed by atoms with Crippen molar-refractivity contribution in [1.82, 2.24) is 0 Å². The van der Waals surface area contributed by atoms with Gasteiger partial charge in [0.1, 0.15) is 0 Å². The van der Waals surface area contributed by atoms with E-state index in [0.29, 0.717) is 0 Å². The second kappa shape index (κ2) is 4.44. The van der Waals surface area contributed by atoms with Gasteiger partial charge in [-0.25, -0.2) is 0 Å². The van der Waals surface area contributed by atoms with Gasteiger partial charge in [0.15, 0.2) is 5.79 Å². The van der Waals surface area contributed by atoms with E-state index < -0.39 is 8.07 Å². The molecule has 2 fully saturated rings. The summed E-state index contributed by atoms with van der Waals surface area (Å²) in [6.45, 7) is 7.86. The van der Waals surface area contributed by atoms with Crippen molar-refractivity contribution < 1.29 is 9.47 Å². The zero-order chi connectivity index (χ0) is 13.6. The molecule has 0 N–H and O–H groups in total. The van der Waals surface area contributed by atoms with Crippen LogP contribution in [0.25, 0.3) is 0 Å². The number of fused-ring (bicyclic) bond motifs is 2. The monoisotopic (exact) mass is 276 g/mol. The Morgan fingerprint density at radius 3 is 2.42 bits per heavy atom. The van der Waals surface area contributed by atoms with Crippen LogP contribution in [0, 0.1) is 0 Å². The lowest BCUT2D eigenvalue weighted by Crippen LogP contribution is -2.48. The molecule has 2 saturated heterocycles. The summed E-state index contributed by atoms with van der Waals surface area (Å²) in [6, 6.07) is 12.1. The van der Waals surface area contributed by atoms with Crippen molar-refractivity contribution in [2.45, 2.75) is 56.7 Å². The maximum atomic E-state index is 6.37. The normalized spacial score (nSPS) is 33.8. The molecule has 2 nitrogen and oxygen atoms in total. The summed E-state index contributed by atoms with van der Waals surface area (Å²) in [7, 11) is -1.46. The Hall–Kier alpha value is -0.643. The van der Waals surface area contributed by atoms with E-state index >= 15 is 0 Å². The van der Waals surface area contributed by atoms with Crippen LogP contribution in [-0.2, 0) is 9.47 Å². The minimum absolute atomic E-state index is 0.00156. The largest absolute Gasteiger partial charge is 0.347 e. The molecule has 2 bridgehead atoms. The van der Waals surface area contributed by atoms with Crippen molar-refractivity contribution in [2.24, 2.45) is 0 Å². The highest BCUT2D eigenvalue weighted by Crippen LogP contribution is 2.50. The molecule has 2 aliphatic heterocycles. The average Bonchev–Trinajstić information content (AvgIpc) is 2.95. The molecule has 1 aromatic carbocycles. The third-order valence-electron chi connectivity index (χ3n) is 4.82. The topological polar surface area (TPSA) is 18.5 Å². The third-order valence-corrected chi connectivity index (χ3v) is 8.24. The summed E-state index contributed by atoms with van der Waals surface area (Å²) in [6.07, 6.45) is 3.22. The van der Waals surface area contributed by atoms with Crippen LogP contribution in [0.5, 0.6) is 0 Å². The zero-order valence-electron chi connectivity index (χ0n) is 12.2. The van der Waals surface area contributed by atoms with Gasteiger partial charge in [0.2, 0.25) is 0 Å². The van der Waals surface area contributed by atoms with E-state index in [9.17, 15) is 0 Å². The smallest absolute Gasteiger partial charge is 0.169 e. The van der Waals surface area contributed by atoms with Gasteiger partial charge in [0, 0.05) is 6.42 Å². The molecule has 3 rings (SSSR count). The quantitative estimate of drug-likeness (QED) is 0.786. The minimum Gasteiger partial charge on any atom is -0.347 e. The molecule has 0 radical (unpaired) electrons. The highest BCUT2D eigenvalue weighted by atomic mass is 28.3. The van der Waals surface area contributed by atoms with Crippen LogP contribution in [0.1, 0.15) is 26.2 Å². The van der Waals surface area contributed by atoms with Crippen molar-refractivity contribution in [3.63, 3.8) is 0 Å². The van der Waals surface area contributed by atoms with Gasteiger partial charge in [-0.15, -0.1) is 0 Å². The number of hydrogen-bond donors (Lipinski definition) is 0. The van der Waals surface area contributed by atoms with E-state index in [1.54, 1.807) is 0 Å². The first-order valence-electron chi connectivity index (χ1n) is 7.39. The molecule has 0 spiro atoms. The van der Waals surface area contributed by atoms with Gasteiger partial charge in [-0.05, 0) is 18.9 Å². The third kappa shape index (κ3) is 2.28. The van der Waals surface area contributed by atoms with Crippen LogP contribution in [0.2, 0.25) is 19.1 Å². The van der Waals surface area contributed by atoms with Crippen LogP contribution < -0.4 is 5.19 Å². The lowest BCUT2D eigenvalue weighted by molar-refractivity contribution is -0.153. The highest BCUT2D eigenvalue weighted by molar-refractivity contribution is 6.90. The Morgan fingerprint density at radius 2 is 1.89 bits per heavy atom. The van der Waals surface area contributed by atoms with Crippen molar-refractivity contribution in [3.05, 3.63) is 30.3 Å². The first-order valence-corrected chi connectivity index (χ1v) is 10.6. The van der Waals surface area contributed by atoms with E-state index in [2.05, 4.69) is 50.3 Å². The van der Waals surface area contributed by atoms with Crippen molar-refractivity contribution >= 4 is 13.3 Å². The Labute approximate surface area is 117 Å². The van der Waals surface area contributed by atoms with Gasteiger partial charge in [-0.1, -0.05) is 55.5 Å². The second-order valence-electron chi connectivity index (χ2n) is 6.76. The van der Waals surface area contributed by atoms with Crippen molar-refractivity contribution in [2.75, 3.05) is 6.61 Å². The molecule has 2 atom stereocenters. The standard InChI is InChI=1S/C16H24O2Si/c1-4-16-11-10-15(18-16,12-17-16)13-19(2,3)14-8-6-5-7-9-14/h5-9H,4,10-13H2,1-3H3/t15-,16+/m0/s1. The molecule has 0 unspecified atom stereocenters. The van der Waals surface area contributed by atoms with Crippen LogP contribution in [0.15, 0.2) is 30.3 Å². The molecule has 19 heavy (non-hydrogen) atoms. The summed E-state index contributed by atoms with van der Waals surface area (Å²) in [4.78, 5) is 0. The first kappa shape index (κ1) is 13.3. The van der Waals surface area contributed by atoms with Crippen LogP contribution in [0.3, 0.4) is 0 Å². The van der Waals surface area contributed by atoms with Crippen LogP contribution in [0.4, 0.5) is 0 Å². The Kier molecular flexibility index (Phi) is 3.12. The SMILES string of the molecule is CC[C@@]12CC[C@@](C[Si](C)(C)c3ccccc3)(CO1)O2. The minimum atomic E-state index is -1.46. The van der Waals surface area contributed by atoms with Crippen molar-refractivity contribution in [1.29, 1.82) is 0 Å². The van der Waals surface area contributed by atoms with E-state index in [-0.39, 0.29) is 11.4 Å². The molecule has 0 amide bonds. The molecule has 3 heteroatoms. The average molecular weight is 276 g/mol. The molecule has 2 aliphatic rings. The number of hydrogen-bond acceptors (Lipinski definition) is 2. The van der Waals surface area contributed by atoms with Gasteiger partial charge in [-0.2, -0.15) is 0 Å². The van der Waals surface area contributed by atoms with E-state index in [1.807, 2.05) is 0 Å². The van der Waals surface area contributed by atoms with Gasteiger partial charge < -0.3 is 9.47 Å². The lowest BCUT2D eigenvalue weighted by Gasteiger charge is -2.32. The lowest BCUT2D eigenvalue weighted by atomic mass is 9.99. The molecule has 2 heterocycles. The summed E-state index contributed by atoms with van der Waals surface area (Å²) in [5, 5.41) is 1.52. The molecular weight excluding hydrogens is 252 g/mol. The molecule has 104 valence electrons. The molecule has 0 aliphatic carbocycles. The van der Waals surface area contributed by atoms with Crippen LogP contribution in [-0.4, -0.2) is 26.1 Å². The maximum absolute atomic E-state index is 6.37. The number of benzene rings is 1. The van der Waals surface area contributed by atoms with Crippen molar-refractivity contribution in [3.8, 4) is 0 Å². The Balaban J connectivity index is 1.79. The summed E-state index contributed by atoms with van der Waals surface area (Å²) in [5.74, 6) is -0.249. The summed E-state index contributed by atoms with van der Waals surface area (Å²) >= 11 is 0. The summed E-state index contributed by atoms with van der Waals surface area (Å²) < 4.78 is 12.3.